The van der Waals surface area contributed by atoms with Crippen LogP contribution in [0.5, 0.6) is 11.5 Å². The zero-order chi connectivity index (χ0) is 15.0. The Balaban J connectivity index is 2.28. The zero-order valence-electron chi connectivity index (χ0n) is 11.1. The summed E-state index contributed by atoms with van der Waals surface area (Å²) in [5.74, 6) is 0.641. The Morgan fingerprint density at radius 1 is 1.14 bits per heavy atom. The number of phenolic OH excluding ortho intramolecular Hbond substituents is 1. The van der Waals surface area contributed by atoms with Crippen molar-refractivity contribution in [2.75, 3.05) is 7.11 Å². The van der Waals surface area contributed by atoms with Crippen molar-refractivity contribution in [1.29, 1.82) is 0 Å². The summed E-state index contributed by atoms with van der Waals surface area (Å²) in [6.45, 7) is 0. The largest absolute Gasteiger partial charge is 0.508 e. The Morgan fingerprint density at radius 2 is 1.86 bits per heavy atom. The number of aromatic hydroxyl groups is 1. The molecule has 0 saturated carbocycles. The number of benzene rings is 2. The fourth-order valence-electron chi connectivity index (χ4n) is 2.16. The average molecular weight is 347 g/mol. The monoisotopic (exact) mass is 346 g/mol. The number of methoxy groups -OCH3 is 1. The average Bonchev–Trinajstić information content (AvgIpc) is 2.47. The van der Waals surface area contributed by atoms with Crippen LogP contribution in [0.15, 0.2) is 56.1 Å². The van der Waals surface area contributed by atoms with Gasteiger partial charge >= 0.3 is 5.63 Å². The topological polar surface area (TPSA) is 59.7 Å². The molecule has 5 heteroatoms. The van der Waals surface area contributed by atoms with Crippen LogP contribution in [-0.4, -0.2) is 12.2 Å². The lowest BCUT2D eigenvalue weighted by Gasteiger charge is -2.07. The quantitative estimate of drug-likeness (QED) is 0.714. The third-order valence-corrected chi connectivity index (χ3v) is 3.62. The second-order valence-electron chi connectivity index (χ2n) is 4.52. The van der Waals surface area contributed by atoms with Crippen molar-refractivity contribution >= 4 is 26.9 Å². The van der Waals surface area contributed by atoms with Crippen LogP contribution >= 0.6 is 15.9 Å². The van der Waals surface area contributed by atoms with Gasteiger partial charge in [0.2, 0.25) is 0 Å². The molecule has 0 bridgehead atoms. The van der Waals surface area contributed by atoms with Gasteiger partial charge in [-0.2, -0.15) is 0 Å². The molecule has 0 unspecified atom stereocenters. The molecular weight excluding hydrogens is 336 g/mol. The fraction of sp³-hybridized carbons (Fsp3) is 0.0625. The van der Waals surface area contributed by atoms with E-state index in [0.29, 0.717) is 22.5 Å². The summed E-state index contributed by atoms with van der Waals surface area (Å²) in [5.41, 5.74) is 1.08. The Kier molecular flexibility index (Phi) is 3.43. The van der Waals surface area contributed by atoms with E-state index in [4.69, 9.17) is 9.15 Å². The first kappa shape index (κ1) is 13.7. The molecule has 4 nitrogen and oxygen atoms in total. The highest BCUT2D eigenvalue weighted by Crippen LogP contribution is 2.31. The Morgan fingerprint density at radius 3 is 2.52 bits per heavy atom. The van der Waals surface area contributed by atoms with E-state index in [1.165, 1.54) is 19.2 Å². The van der Waals surface area contributed by atoms with Crippen LogP contribution in [0.2, 0.25) is 0 Å². The third kappa shape index (κ3) is 2.52. The predicted octanol–water partition coefficient (Wildman–Crippen LogP) is 3.94. The van der Waals surface area contributed by atoms with Crippen LogP contribution in [-0.2, 0) is 0 Å². The maximum atomic E-state index is 12.2. The van der Waals surface area contributed by atoms with E-state index in [1.807, 2.05) is 6.07 Å². The maximum absolute atomic E-state index is 12.2. The number of fused-ring (bicyclic) bond motifs is 1. The smallest absolute Gasteiger partial charge is 0.344 e. The van der Waals surface area contributed by atoms with E-state index in [2.05, 4.69) is 15.9 Å². The van der Waals surface area contributed by atoms with Gasteiger partial charge in [-0.15, -0.1) is 0 Å². The van der Waals surface area contributed by atoms with E-state index in [0.717, 1.165) is 9.86 Å². The standard InChI is InChI=1S/C16H11BrO4/c1-20-14-8-11(17)6-10-7-13(16(19)21-15(10)14)9-2-4-12(18)5-3-9/h2-8,18H,1H3. The van der Waals surface area contributed by atoms with E-state index >= 15 is 0 Å². The van der Waals surface area contributed by atoms with Gasteiger partial charge < -0.3 is 14.3 Å². The highest BCUT2D eigenvalue weighted by molar-refractivity contribution is 9.10. The molecule has 1 heterocycles. The summed E-state index contributed by atoms with van der Waals surface area (Å²) in [6, 6.07) is 11.7. The number of rotatable bonds is 2. The van der Waals surface area contributed by atoms with Gasteiger partial charge in [0, 0.05) is 9.86 Å². The number of ether oxygens (including phenoxy) is 1. The van der Waals surface area contributed by atoms with E-state index in [9.17, 15) is 9.90 Å². The summed E-state index contributed by atoms with van der Waals surface area (Å²) < 4.78 is 11.5. The number of hydrogen-bond acceptors (Lipinski definition) is 4. The second kappa shape index (κ2) is 5.26. The first-order valence-corrected chi connectivity index (χ1v) is 6.98. The van der Waals surface area contributed by atoms with Crippen molar-refractivity contribution in [3.05, 3.63) is 57.4 Å². The van der Waals surface area contributed by atoms with Gasteiger partial charge in [-0.05, 0) is 35.9 Å². The van der Waals surface area contributed by atoms with Gasteiger partial charge in [0.25, 0.3) is 0 Å². The Hall–Kier alpha value is -2.27. The summed E-state index contributed by atoms with van der Waals surface area (Å²) in [7, 11) is 1.52. The summed E-state index contributed by atoms with van der Waals surface area (Å²) in [6.07, 6.45) is 0. The highest BCUT2D eigenvalue weighted by Gasteiger charge is 2.12. The summed E-state index contributed by atoms with van der Waals surface area (Å²) in [4.78, 5) is 12.2. The van der Waals surface area contributed by atoms with E-state index in [-0.39, 0.29) is 5.75 Å². The van der Waals surface area contributed by atoms with Crippen LogP contribution in [0, 0.1) is 0 Å². The molecule has 1 N–H and O–H groups in total. The Labute approximate surface area is 128 Å². The van der Waals surface area contributed by atoms with E-state index in [1.54, 1.807) is 24.3 Å². The molecule has 1 aromatic heterocycles. The van der Waals surface area contributed by atoms with E-state index < -0.39 is 5.63 Å². The molecule has 0 radical (unpaired) electrons. The third-order valence-electron chi connectivity index (χ3n) is 3.16. The lowest BCUT2D eigenvalue weighted by molar-refractivity contribution is 0.406. The minimum atomic E-state index is -0.450. The van der Waals surface area contributed by atoms with Crippen molar-refractivity contribution in [1.82, 2.24) is 0 Å². The molecule has 0 saturated heterocycles. The van der Waals surface area contributed by atoms with Crippen LogP contribution < -0.4 is 10.4 Å². The van der Waals surface area contributed by atoms with Gasteiger partial charge in [0.15, 0.2) is 11.3 Å². The maximum Gasteiger partial charge on any atom is 0.344 e. The summed E-state index contributed by atoms with van der Waals surface area (Å²) in [5, 5.41) is 10.1. The number of halogens is 1. The summed E-state index contributed by atoms with van der Waals surface area (Å²) >= 11 is 3.40. The number of phenols is 1. The van der Waals surface area contributed by atoms with Gasteiger partial charge in [0.1, 0.15) is 5.75 Å². The van der Waals surface area contributed by atoms with Crippen molar-refractivity contribution in [3.8, 4) is 22.6 Å². The molecule has 3 aromatic rings. The fourth-order valence-corrected chi connectivity index (χ4v) is 2.62. The molecular formula is C16H11BrO4. The molecule has 106 valence electrons. The van der Waals surface area contributed by atoms with Gasteiger partial charge in [-0.3, -0.25) is 0 Å². The normalized spacial score (nSPS) is 10.8. The van der Waals surface area contributed by atoms with Crippen molar-refractivity contribution in [2.45, 2.75) is 0 Å². The zero-order valence-corrected chi connectivity index (χ0v) is 12.7. The van der Waals surface area contributed by atoms with Gasteiger partial charge in [0.05, 0.1) is 12.7 Å². The molecule has 0 amide bonds. The molecule has 0 aliphatic heterocycles. The van der Waals surface area contributed by atoms with Crippen LogP contribution in [0.1, 0.15) is 0 Å². The van der Waals surface area contributed by atoms with Crippen molar-refractivity contribution < 1.29 is 14.3 Å². The first-order valence-electron chi connectivity index (χ1n) is 6.19. The SMILES string of the molecule is COc1cc(Br)cc2cc(-c3ccc(O)cc3)c(=O)oc12. The van der Waals surface area contributed by atoms with Crippen LogP contribution in [0.3, 0.4) is 0 Å². The molecule has 2 aromatic carbocycles. The highest BCUT2D eigenvalue weighted by atomic mass is 79.9. The molecule has 0 aliphatic carbocycles. The lowest BCUT2D eigenvalue weighted by Crippen LogP contribution is -2.03. The van der Waals surface area contributed by atoms with Crippen molar-refractivity contribution in [2.24, 2.45) is 0 Å². The minimum Gasteiger partial charge on any atom is -0.508 e. The molecule has 0 fully saturated rings. The van der Waals surface area contributed by atoms with Gasteiger partial charge in [-0.1, -0.05) is 28.1 Å². The second-order valence-corrected chi connectivity index (χ2v) is 5.44. The molecule has 3 rings (SSSR count). The predicted molar refractivity (Wildman–Crippen MR) is 83.8 cm³/mol. The van der Waals surface area contributed by atoms with Crippen molar-refractivity contribution in [3.63, 3.8) is 0 Å². The number of hydrogen-bond donors (Lipinski definition) is 1. The first-order chi connectivity index (χ1) is 10.1. The molecule has 0 aliphatic rings. The Bertz CT molecular complexity index is 866. The minimum absolute atomic E-state index is 0.147. The lowest BCUT2D eigenvalue weighted by atomic mass is 10.1. The molecule has 21 heavy (non-hydrogen) atoms. The molecule has 0 atom stereocenters. The van der Waals surface area contributed by atoms with Crippen LogP contribution in [0.25, 0.3) is 22.1 Å². The molecule has 0 spiro atoms. The van der Waals surface area contributed by atoms with Gasteiger partial charge in [-0.25, -0.2) is 4.79 Å². The van der Waals surface area contributed by atoms with Crippen LogP contribution in [0.4, 0.5) is 0 Å².